The van der Waals surface area contributed by atoms with Gasteiger partial charge in [-0.15, -0.1) is 0 Å². The average Bonchev–Trinajstić information content (AvgIpc) is 3.36. The molecule has 0 aliphatic carbocycles. The van der Waals surface area contributed by atoms with Crippen molar-refractivity contribution in [2.45, 2.75) is 75.9 Å². The SMILES string of the molecule is Cc1cc(C(=O)N2CCC(C)(O)CC2)cc(C)c1C=CS(=O)(=O)N1CCC2(CC1)N=C(c1ccc(OCC(F)(F)C(F)(F)F)c(C(F)(F)F)c1)NC2=O. The molecule has 19 heteroatoms. The molecule has 3 heterocycles. The van der Waals surface area contributed by atoms with Crippen molar-refractivity contribution in [2.24, 2.45) is 4.99 Å². The highest BCUT2D eigenvalue weighted by molar-refractivity contribution is 7.92. The molecule has 0 atom stereocenters. The van der Waals surface area contributed by atoms with E-state index in [0.29, 0.717) is 60.3 Å². The lowest BCUT2D eigenvalue weighted by Crippen LogP contribution is -2.50. The summed E-state index contributed by atoms with van der Waals surface area (Å²) in [5.41, 5.74) is -2.06. The van der Waals surface area contributed by atoms with E-state index in [4.69, 9.17) is 0 Å². The summed E-state index contributed by atoms with van der Waals surface area (Å²) < 4.78 is 138. The first-order chi connectivity index (χ1) is 24.3. The molecular weight excluding hydrogens is 744 g/mol. The molecule has 5 rings (SSSR count). The van der Waals surface area contributed by atoms with Crippen LogP contribution in [-0.2, 0) is 21.0 Å². The predicted molar refractivity (Wildman–Crippen MR) is 176 cm³/mol. The number of piperidine rings is 2. The number of carbonyl (C=O) groups excluding carboxylic acids is 2. The second-order valence-corrected chi connectivity index (χ2v) is 15.5. The van der Waals surface area contributed by atoms with Gasteiger partial charge in [-0.2, -0.15) is 39.4 Å². The summed E-state index contributed by atoms with van der Waals surface area (Å²) in [6.07, 6.45) is -9.29. The number of rotatable bonds is 8. The second kappa shape index (κ2) is 14.0. The topological polar surface area (TPSA) is 129 Å². The number of amidine groups is 1. The van der Waals surface area contributed by atoms with Gasteiger partial charge in [0.2, 0.25) is 10.0 Å². The first-order valence-corrected chi connectivity index (χ1v) is 17.9. The van der Waals surface area contributed by atoms with Crippen LogP contribution in [0.4, 0.5) is 35.1 Å². The fourth-order valence-corrected chi connectivity index (χ4v) is 7.52. The largest absolute Gasteiger partial charge is 0.486 e. The van der Waals surface area contributed by atoms with E-state index in [-0.39, 0.29) is 43.2 Å². The zero-order chi connectivity index (χ0) is 39.4. The van der Waals surface area contributed by atoms with Gasteiger partial charge >= 0.3 is 18.3 Å². The molecule has 53 heavy (non-hydrogen) atoms. The Kier molecular flexibility index (Phi) is 10.6. The number of sulfonamides is 1. The lowest BCUT2D eigenvalue weighted by Gasteiger charge is -2.36. The molecule has 2 fully saturated rings. The normalized spacial score (nSPS) is 19.8. The first-order valence-electron chi connectivity index (χ1n) is 16.4. The summed E-state index contributed by atoms with van der Waals surface area (Å²) >= 11 is 0. The number of carbonyl (C=O) groups is 2. The molecule has 0 saturated carbocycles. The molecule has 2 aromatic rings. The van der Waals surface area contributed by atoms with Crippen molar-refractivity contribution >= 4 is 33.7 Å². The molecule has 10 nitrogen and oxygen atoms in total. The molecule has 2 N–H and O–H groups in total. The van der Waals surface area contributed by atoms with Gasteiger partial charge in [-0.3, -0.25) is 14.6 Å². The monoisotopic (exact) mass is 780 g/mol. The quantitative estimate of drug-likeness (QED) is 0.336. The van der Waals surface area contributed by atoms with Crippen molar-refractivity contribution in [1.29, 1.82) is 0 Å². The minimum atomic E-state index is -6.06. The standard InChI is InChI=1S/C34H36F8N4O6S/c1-20-16-23(28(47)45-11-7-30(3,49)8-12-45)17-21(2)24(20)6-15-53(50,51)46-13-9-31(10-14-46)29(48)43-27(44-31)22-4-5-26(25(18-22)33(37,38)39)52-19-32(35,36)34(40,41)42/h4-6,15-18,49H,7-14,19H2,1-3H3,(H,43,44,48). The van der Waals surface area contributed by atoms with Crippen LogP contribution in [0.3, 0.4) is 0 Å². The lowest BCUT2D eigenvalue weighted by molar-refractivity contribution is -0.290. The summed E-state index contributed by atoms with van der Waals surface area (Å²) in [6.45, 7) is 3.24. The van der Waals surface area contributed by atoms with E-state index in [0.717, 1.165) is 15.8 Å². The number of aliphatic imine (C=N–C) groups is 1. The van der Waals surface area contributed by atoms with Crippen LogP contribution in [0.25, 0.3) is 6.08 Å². The molecular formula is C34H36F8N4O6S. The van der Waals surface area contributed by atoms with Crippen LogP contribution in [0.5, 0.6) is 5.75 Å². The molecule has 290 valence electrons. The molecule has 0 aromatic heterocycles. The predicted octanol–water partition coefficient (Wildman–Crippen LogP) is 5.60. The minimum absolute atomic E-state index is 0.143. The minimum Gasteiger partial charge on any atom is -0.486 e. The van der Waals surface area contributed by atoms with Gasteiger partial charge < -0.3 is 20.1 Å². The summed E-state index contributed by atoms with van der Waals surface area (Å²) in [4.78, 5) is 32.1. The summed E-state index contributed by atoms with van der Waals surface area (Å²) in [6, 6.07) is 5.18. The maximum absolute atomic E-state index is 13.8. The molecule has 3 aliphatic rings. The maximum atomic E-state index is 13.8. The van der Waals surface area contributed by atoms with E-state index in [1.807, 2.05) is 0 Å². The number of benzene rings is 2. The van der Waals surface area contributed by atoms with E-state index < -0.39 is 63.3 Å². The second-order valence-electron chi connectivity index (χ2n) is 13.7. The van der Waals surface area contributed by atoms with Crippen LogP contribution >= 0.6 is 0 Å². The Hall–Kier alpha value is -4.10. The van der Waals surface area contributed by atoms with Crippen molar-refractivity contribution in [2.75, 3.05) is 32.8 Å². The lowest BCUT2D eigenvalue weighted by atomic mass is 9.89. The van der Waals surface area contributed by atoms with E-state index >= 15 is 0 Å². The van der Waals surface area contributed by atoms with Crippen LogP contribution in [-0.4, -0.2) is 96.4 Å². The number of alkyl halides is 8. The molecule has 2 saturated heterocycles. The highest BCUT2D eigenvalue weighted by Crippen LogP contribution is 2.41. The van der Waals surface area contributed by atoms with Gasteiger partial charge in [0.05, 0.1) is 11.2 Å². The van der Waals surface area contributed by atoms with Crippen LogP contribution in [0, 0.1) is 13.8 Å². The molecule has 2 aromatic carbocycles. The van der Waals surface area contributed by atoms with Crippen LogP contribution in [0.2, 0.25) is 0 Å². The van der Waals surface area contributed by atoms with Crippen molar-refractivity contribution in [3.05, 3.63) is 69.1 Å². The van der Waals surface area contributed by atoms with Gasteiger partial charge in [-0.1, -0.05) is 0 Å². The molecule has 3 aliphatic heterocycles. The van der Waals surface area contributed by atoms with Gasteiger partial charge in [-0.05, 0) is 99.6 Å². The van der Waals surface area contributed by atoms with Crippen molar-refractivity contribution in [3.8, 4) is 5.75 Å². The number of hydrogen-bond acceptors (Lipinski definition) is 7. The Bertz CT molecular complexity index is 1920. The van der Waals surface area contributed by atoms with Gasteiger partial charge in [0.25, 0.3) is 11.8 Å². The number of amides is 2. The first kappa shape index (κ1) is 40.1. The van der Waals surface area contributed by atoms with Gasteiger partial charge in [0, 0.05) is 42.7 Å². The number of nitrogens with zero attached hydrogens (tertiary/aromatic N) is 3. The summed E-state index contributed by atoms with van der Waals surface area (Å²) in [5, 5.41) is 13.6. The van der Waals surface area contributed by atoms with Crippen molar-refractivity contribution < 1.29 is 63.0 Å². The Balaban J connectivity index is 1.27. The molecule has 2 amide bonds. The highest BCUT2D eigenvalue weighted by atomic mass is 32.2. The fourth-order valence-electron chi connectivity index (χ4n) is 6.35. The number of aliphatic hydroxyl groups is 1. The Morgan fingerprint density at radius 3 is 2.09 bits per heavy atom. The molecule has 0 unspecified atom stereocenters. The zero-order valence-corrected chi connectivity index (χ0v) is 29.5. The van der Waals surface area contributed by atoms with Crippen LogP contribution < -0.4 is 10.1 Å². The summed E-state index contributed by atoms with van der Waals surface area (Å²) in [7, 11) is -4.04. The number of halogens is 8. The smallest absolute Gasteiger partial charge is 0.456 e. The zero-order valence-electron chi connectivity index (χ0n) is 28.7. The van der Waals surface area contributed by atoms with E-state index in [1.165, 1.54) is 6.08 Å². The third kappa shape index (κ3) is 8.51. The van der Waals surface area contributed by atoms with E-state index in [1.54, 1.807) is 37.8 Å². The summed E-state index contributed by atoms with van der Waals surface area (Å²) in [5.74, 6) is -7.96. The van der Waals surface area contributed by atoms with E-state index in [2.05, 4.69) is 15.0 Å². The molecule has 1 spiro atoms. The third-order valence-corrected chi connectivity index (χ3v) is 11.2. The van der Waals surface area contributed by atoms with Crippen LogP contribution in [0.15, 0.2) is 40.7 Å². The number of nitrogens with one attached hydrogen (secondary N) is 1. The number of aryl methyl sites for hydroxylation is 2. The average molecular weight is 781 g/mol. The van der Waals surface area contributed by atoms with E-state index in [9.17, 15) is 58.2 Å². The highest BCUT2D eigenvalue weighted by Gasteiger charge is 2.58. The number of ether oxygens (including phenoxy) is 1. The Morgan fingerprint density at radius 2 is 1.55 bits per heavy atom. The molecule has 0 bridgehead atoms. The fraction of sp³-hybridized carbons (Fsp3) is 0.500. The van der Waals surface area contributed by atoms with Crippen LogP contribution in [0.1, 0.15) is 70.8 Å². The van der Waals surface area contributed by atoms with Crippen molar-refractivity contribution in [3.63, 3.8) is 0 Å². The Labute approximate surface area is 299 Å². The van der Waals surface area contributed by atoms with Crippen molar-refractivity contribution in [1.82, 2.24) is 14.5 Å². The van der Waals surface area contributed by atoms with Gasteiger partial charge in [0.15, 0.2) is 6.61 Å². The Morgan fingerprint density at radius 1 is 0.962 bits per heavy atom. The van der Waals surface area contributed by atoms with Gasteiger partial charge in [0.1, 0.15) is 17.1 Å². The van der Waals surface area contributed by atoms with Gasteiger partial charge in [-0.25, -0.2) is 8.42 Å². The number of likely N-dealkylation sites (tertiary alicyclic amines) is 1. The maximum Gasteiger partial charge on any atom is 0.456 e. The molecule has 0 radical (unpaired) electrons. The number of hydrogen-bond donors (Lipinski definition) is 2. The third-order valence-electron chi connectivity index (χ3n) is 9.65.